The number of hydrogen-bond acceptors (Lipinski definition) is 4. The number of halogens is 5. The van der Waals surface area contributed by atoms with Crippen molar-refractivity contribution in [2.24, 2.45) is 0 Å². The standard InChI is InChI=1S/C16H13Cl2F3N2O3S/c1-9-5-13(12(18)6-11(9)17)27(24,25)23-7-10(8-23)26-15-4-2-3-14(22-15)16(19,20)21/h2-6,10H,7-8H2,1H3. The quantitative estimate of drug-likeness (QED) is 0.715. The van der Waals surface area contributed by atoms with E-state index in [1.54, 1.807) is 6.92 Å². The highest BCUT2D eigenvalue weighted by molar-refractivity contribution is 7.89. The number of alkyl halides is 3. The molecule has 27 heavy (non-hydrogen) atoms. The average molecular weight is 441 g/mol. The van der Waals surface area contributed by atoms with Crippen molar-refractivity contribution in [3.05, 3.63) is 51.6 Å². The van der Waals surface area contributed by atoms with Crippen LogP contribution in [0.4, 0.5) is 13.2 Å². The Morgan fingerprint density at radius 2 is 1.85 bits per heavy atom. The third kappa shape index (κ3) is 4.16. The fraction of sp³-hybridized carbons (Fsp3) is 0.312. The fourth-order valence-corrected chi connectivity index (χ4v) is 4.76. The van der Waals surface area contributed by atoms with Crippen molar-refractivity contribution >= 4 is 33.2 Å². The van der Waals surface area contributed by atoms with Gasteiger partial charge in [0.2, 0.25) is 15.9 Å². The van der Waals surface area contributed by atoms with Gasteiger partial charge in [-0.3, -0.25) is 0 Å². The second-order valence-electron chi connectivity index (χ2n) is 5.95. The van der Waals surface area contributed by atoms with E-state index in [9.17, 15) is 21.6 Å². The molecule has 5 nitrogen and oxygen atoms in total. The molecule has 0 saturated carbocycles. The Hall–Kier alpha value is -1.55. The largest absolute Gasteiger partial charge is 0.472 e. The Bertz CT molecular complexity index is 977. The lowest BCUT2D eigenvalue weighted by Crippen LogP contribution is -2.56. The first-order valence-electron chi connectivity index (χ1n) is 7.65. The van der Waals surface area contributed by atoms with Crippen molar-refractivity contribution in [2.75, 3.05) is 13.1 Å². The van der Waals surface area contributed by atoms with Crippen LogP contribution in [0.25, 0.3) is 0 Å². The molecule has 0 aliphatic carbocycles. The minimum absolute atomic E-state index is 0.00508. The number of aromatic nitrogens is 1. The number of benzene rings is 1. The van der Waals surface area contributed by atoms with E-state index in [2.05, 4.69) is 4.98 Å². The van der Waals surface area contributed by atoms with Gasteiger partial charge in [-0.2, -0.15) is 17.5 Å². The van der Waals surface area contributed by atoms with Gasteiger partial charge < -0.3 is 4.74 Å². The zero-order chi connectivity index (χ0) is 20.0. The molecular weight excluding hydrogens is 428 g/mol. The van der Waals surface area contributed by atoms with Crippen LogP contribution >= 0.6 is 23.2 Å². The Morgan fingerprint density at radius 1 is 1.19 bits per heavy atom. The van der Waals surface area contributed by atoms with Gasteiger partial charge in [-0.25, -0.2) is 13.4 Å². The molecule has 0 spiro atoms. The number of rotatable bonds is 4. The lowest BCUT2D eigenvalue weighted by molar-refractivity contribution is -0.141. The second-order valence-corrected chi connectivity index (χ2v) is 8.67. The number of sulfonamides is 1. The van der Waals surface area contributed by atoms with E-state index in [1.165, 1.54) is 24.3 Å². The summed E-state index contributed by atoms with van der Waals surface area (Å²) in [6, 6.07) is 6.02. The monoisotopic (exact) mass is 440 g/mol. The van der Waals surface area contributed by atoms with Gasteiger partial charge >= 0.3 is 6.18 Å². The topological polar surface area (TPSA) is 59.5 Å². The maximum atomic E-state index is 12.7. The first-order valence-corrected chi connectivity index (χ1v) is 9.85. The van der Waals surface area contributed by atoms with Gasteiger partial charge in [-0.1, -0.05) is 29.3 Å². The smallest absolute Gasteiger partial charge is 0.433 e. The first kappa shape index (κ1) is 20.2. The van der Waals surface area contributed by atoms with Crippen LogP contribution in [0.2, 0.25) is 10.0 Å². The van der Waals surface area contributed by atoms with Crippen LogP contribution in [0.15, 0.2) is 35.2 Å². The van der Waals surface area contributed by atoms with Crippen LogP contribution < -0.4 is 4.74 Å². The van der Waals surface area contributed by atoms with E-state index in [-0.39, 0.29) is 28.9 Å². The van der Waals surface area contributed by atoms with Gasteiger partial charge in [-0.15, -0.1) is 0 Å². The molecule has 1 saturated heterocycles. The molecule has 146 valence electrons. The van der Waals surface area contributed by atoms with E-state index in [4.69, 9.17) is 27.9 Å². The highest BCUT2D eigenvalue weighted by Crippen LogP contribution is 2.33. The highest BCUT2D eigenvalue weighted by atomic mass is 35.5. The van der Waals surface area contributed by atoms with Crippen molar-refractivity contribution in [3.63, 3.8) is 0 Å². The van der Waals surface area contributed by atoms with E-state index in [0.29, 0.717) is 10.6 Å². The zero-order valence-corrected chi connectivity index (χ0v) is 16.1. The number of hydrogen-bond donors (Lipinski definition) is 0. The normalized spacial score (nSPS) is 16.2. The molecule has 0 amide bonds. The van der Waals surface area contributed by atoms with E-state index in [0.717, 1.165) is 10.4 Å². The van der Waals surface area contributed by atoms with Gasteiger partial charge in [0.1, 0.15) is 16.7 Å². The summed E-state index contributed by atoms with van der Waals surface area (Å²) in [7, 11) is -3.87. The van der Waals surface area contributed by atoms with E-state index in [1.807, 2.05) is 0 Å². The molecule has 3 rings (SSSR count). The van der Waals surface area contributed by atoms with E-state index >= 15 is 0 Å². The van der Waals surface area contributed by atoms with Crippen LogP contribution in [0.5, 0.6) is 5.88 Å². The summed E-state index contributed by atoms with van der Waals surface area (Å²) in [4.78, 5) is 3.31. The Morgan fingerprint density at radius 3 is 2.48 bits per heavy atom. The van der Waals surface area contributed by atoms with Gasteiger partial charge in [0.05, 0.1) is 18.1 Å². The van der Waals surface area contributed by atoms with Crippen LogP contribution in [0.3, 0.4) is 0 Å². The number of pyridine rings is 1. The summed E-state index contributed by atoms with van der Waals surface area (Å²) >= 11 is 11.9. The molecule has 1 aromatic carbocycles. The summed E-state index contributed by atoms with van der Waals surface area (Å²) in [5.41, 5.74) is -0.520. The van der Waals surface area contributed by atoms with Gasteiger partial charge in [0, 0.05) is 11.1 Å². The molecule has 1 aromatic heterocycles. The maximum absolute atomic E-state index is 12.7. The summed E-state index contributed by atoms with van der Waals surface area (Å²) in [6.07, 6.45) is -5.19. The van der Waals surface area contributed by atoms with Gasteiger partial charge in [0.15, 0.2) is 0 Å². The lowest BCUT2D eigenvalue weighted by atomic mass is 10.2. The minimum atomic E-state index is -4.59. The van der Waals surface area contributed by atoms with Gasteiger partial charge in [-0.05, 0) is 30.7 Å². The molecule has 0 unspecified atom stereocenters. The van der Waals surface area contributed by atoms with Gasteiger partial charge in [0.25, 0.3) is 0 Å². The van der Waals surface area contributed by atoms with Crippen LogP contribution in [0, 0.1) is 6.92 Å². The second kappa shape index (κ2) is 7.12. The fourth-order valence-electron chi connectivity index (χ4n) is 2.45. The summed E-state index contributed by atoms with van der Waals surface area (Å²) in [5.74, 6) is -0.216. The molecular formula is C16H13Cl2F3N2O3S. The summed E-state index contributed by atoms with van der Waals surface area (Å²) in [5, 5.41) is 0.342. The number of aryl methyl sites for hydroxylation is 1. The third-order valence-corrected chi connectivity index (χ3v) is 6.65. The Balaban J connectivity index is 1.70. The third-order valence-electron chi connectivity index (χ3n) is 3.95. The molecule has 0 atom stereocenters. The molecule has 0 radical (unpaired) electrons. The predicted octanol–water partition coefficient (Wildman–Crippen LogP) is 4.17. The molecule has 0 N–H and O–H groups in total. The van der Waals surface area contributed by atoms with Crippen LogP contribution in [-0.2, 0) is 16.2 Å². The summed E-state index contributed by atoms with van der Waals surface area (Å²) in [6.45, 7) is 1.59. The van der Waals surface area contributed by atoms with Crippen molar-refractivity contribution < 1.29 is 26.3 Å². The van der Waals surface area contributed by atoms with Crippen molar-refractivity contribution in [3.8, 4) is 5.88 Å². The molecule has 11 heteroatoms. The summed E-state index contributed by atoms with van der Waals surface area (Å²) < 4.78 is 69.8. The zero-order valence-electron chi connectivity index (χ0n) is 13.8. The molecule has 0 bridgehead atoms. The Labute approximate surface area is 163 Å². The number of ether oxygens (including phenoxy) is 1. The minimum Gasteiger partial charge on any atom is -0.472 e. The van der Waals surface area contributed by atoms with Crippen LogP contribution in [0.1, 0.15) is 11.3 Å². The molecule has 1 aliphatic heterocycles. The molecule has 1 fully saturated rings. The molecule has 1 aliphatic rings. The molecule has 2 aromatic rings. The van der Waals surface area contributed by atoms with Crippen LogP contribution in [-0.4, -0.2) is 36.9 Å². The SMILES string of the molecule is Cc1cc(S(=O)(=O)N2CC(Oc3cccc(C(F)(F)F)n3)C2)c(Cl)cc1Cl. The van der Waals surface area contributed by atoms with Crippen molar-refractivity contribution in [2.45, 2.75) is 24.1 Å². The van der Waals surface area contributed by atoms with Crippen molar-refractivity contribution in [1.82, 2.24) is 9.29 Å². The van der Waals surface area contributed by atoms with Crippen molar-refractivity contribution in [1.29, 1.82) is 0 Å². The maximum Gasteiger partial charge on any atom is 0.433 e. The number of nitrogens with zero attached hydrogens (tertiary/aromatic N) is 2. The average Bonchev–Trinajstić information content (AvgIpc) is 2.53. The predicted molar refractivity (Wildman–Crippen MR) is 93.6 cm³/mol. The van der Waals surface area contributed by atoms with E-state index < -0.39 is 28.0 Å². The first-order chi connectivity index (χ1) is 12.5. The Kier molecular flexibility index (Phi) is 5.33. The lowest BCUT2D eigenvalue weighted by Gasteiger charge is -2.37. The highest BCUT2D eigenvalue weighted by Gasteiger charge is 2.40. The molecule has 2 heterocycles.